The predicted molar refractivity (Wildman–Crippen MR) is 45.1 cm³/mol. The standard InChI is InChI=1S/C5H6O3SSi2/c6-3(7)1-2-5(10,11)4(8)9/h1-2H2,(H,6,7)(H,8,9). The number of hydrogen-bond acceptors (Lipinski definition) is 2. The maximum absolute atomic E-state index is 10.7. The molecule has 6 radical (unpaired) electrons. The lowest BCUT2D eigenvalue weighted by atomic mass is 10.2. The molecule has 11 heavy (non-hydrogen) atoms. The van der Waals surface area contributed by atoms with Crippen molar-refractivity contribution in [2.24, 2.45) is 0 Å². The van der Waals surface area contributed by atoms with Crippen molar-refractivity contribution in [2.75, 3.05) is 0 Å². The molecule has 0 atom stereocenters. The van der Waals surface area contributed by atoms with Gasteiger partial charge in [0.15, 0.2) is 5.12 Å². The maximum Gasteiger partial charge on any atom is 0.303 e. The number of carbonyl (C=O) groups excluding carboxylic acids is 1. The van der Waals surface area contributed by atoms with Gasteiger partial charge in [0.1, 0.15) is 0 Å². The summed E-state index contributed by atoms with van der Waals surface area (Å²) in [4.78, 5) is 20.7. The van der Waals surface area contributed by atoms with Crippen molar-refractivity contribution in [3.8, 4) is 0 Å². The van der Waals surface area contributed by atoms with Crippen LogP contribution in [0.1, 0.15) is 12.8 Å². The zero-order valence-corrected chi connectivity index (χ0v) is 8.52. The number of carboxylic acids is 1. The van der Waals surface area contributed by atoms with Crippen LogP contribution in [0.4, 0.5) is 0 Å². The maximum atomic E-state index is 10.7. The van der Waals surface area contributed by atoms with Crippen molar-refractivity contribution in [3.05, 3.63) is 0 Å². The first-order valence-electron chi connectivity index (χ1n) is 2.81. The summed E-state index contributed by atoms with van der Waals surface area (Å²) in [6.45, 7) is 0. The van der Waals surface area contributed by atoms with Gasteiger partial charge in [0.2, 0.25) is 0 Å². The van der Waals surface area contributed by atoms with Crippen LogP contribution in [0.2, 0.25) is 4.66 Å². The fourth-order valence-corrected chi connectivity index (χ4v) is 0.763. The first-order chi connectivity index (χ1) is 4.86. The molecule has 1 N–H and O–H groups in total. The molecule has 0 saturated carbocycles. The number of rotatable bonds is 4. The molecule has 6 heteroatoms. The minimum absolute atomic E-state index is 0.0840. The molecule has 0 spiro atoms. The van der Waals surface area contributed by atoms with Gasteiger partial charge in [0.05, 0.1) is 0 Å². The number of aliphatic carboxylic acids is 1. The van der Waals surface area contributed by atoms with Crippen molar-refractivity contribution >= 4 is 44.2 Å². The van der Waals surface area contributed by atoms with Gasteiger partial charge < -0.3 is 5.11 Å². The number of hydrogen-bond donors (Lipinski definition) is 2. The summed E-state index contributed by atoms with van der Waals surface area (Å²) >= 11 is 3.55. The molecule has 0 heterocycles. The van der Waals surface area contributed by atoms with E-state index in [0.717, 1.165) is 0 Å². The second kappa shape index (κ2) is 4.08. The Morgan fingerprint density at radius 3 is 2.18 bits per heavy atom. The molecular formula is C5H6O3SSi2. The van der Waals surface area contributed by atoms with Gasteiger partial charge in [-0.25, -0.2) is 0 Å². The number of thiol groups is 1. The molecule has 0 aromatic carbocycles. The summed E-state index contributed by atoms with van der Waals surface area (Å²) in [7, 11) is 6.10. The SMILES string of the molecule is O=C(O)CCC([Si])([Si])C(=O)S. The van der Waals surface area contributed by atoms with E-state index in [0.29, 0.717) is 0 Å². The third kappa shape index (κ3) is 4.38. The van der Waals surface area contributed by atoms with Gasteiger partial charge in [0.25, 0.3) is 0 Å². The van der Waals surface area contributed by atoms with E-state index in [1.165, 1.54) is 0 Å². The van der Waals surface area contributed by atoms with E-state index in [2.05, 4.69) is 33.1 Å². The Balaban J connectivity index is 3.92. The van der Waals surface area contributed by atoms with Crippen LogP contribution in [-0.4, -0.2) is 36.7 Å². The Labute approximate surface area is 76.8 Å². The normalized spacial score (nSPS) is 11.2. The zero-order chi connectivity index (χ0) is 9.07. The monoisotopic (exact) mass is 202 g/mol. The number of carbonyl (C=O) groups is 2. The highest BCUT2D eigenvalue weighted by atomic mass is 32.1. The summed E-state index contributed by atoms with van der Waals surface area (Å²) in [6.07, 6.45) is 0.0811. The largest absolute Gasteiger partial charge is 0.481 e. The molecule has 0 unspecified atom stereocenters. The lowest BCUT2D eigenvalue weighted by molar-refractivity contribution is -0.137. The van der Waals surface area contributed by atoms with E-state index < -0.39 is 15.7 Å². The average molecular weight is 202 g/mol. The summed E-state index contributed by atoms with van der Waals surface area (Å²) in [5.41, 5.74) is 0. The zero-order valence-electron chi connectivity index (χ0n) is 5.63. The quantitative estimate of drug-likeness (QED) is 0.489. The number of carboxylic acid groups (broad SMARTS) is 1. The molecule has 0 amide bonds. The molecule has 0 saturated heterocycles. The molecule has 0 aromatic heterocycles. The molecule has 0 rings (SSSR count). The Morgan fingerprint density at radius 1 is 1.45 bits per heavy atom. The summed E-state index contributed by atoms with van der Waals surface area (Å²) < 4.78 is -1.01. The summed E-state index contributed by atoms with van der Waals surface area (Å²) in [5, 5.41) is 7.84. The molecule has 0 aliphatic heterocycles. The Kier molecular flexibility index (Phi) is 4.05. The molecule has 0 bridgehead atoms. The van der Waals surface area contributed by atoms with Gasteiger partial charge in [-0.15, -0.1) is 12.6 Å². The highest BCUT2D eigenvalue weighted by Gasteiger charge is 2.25. The van der Waals surface area contributed by atoms with Crippen LogP contribution in [0.3, 0.4) is 0 Å². The van der Waals surface area contributed by atoms with E-state index in [4.69, 9.17) is 5.11 Å². The molecule has 0 aromatic rings. The first kappa shape index (κ1) is 10.9. The van der Waals surface area contributed by atoms with Crippen molar-refractivity contribution in [1.29, 1.82) is 0 Å². The molecule has 0 aliphatic carbocycles. The van der Waals surface area contributed by atoms with Crippen LogP contribution in [0, 0.1) is 0 Å². The highest BCUT2D eigenvalue weighted by Crippen LogP contribution is 2.25. The summed E-state index contributed by atoms with van der Waals surface area (Å²) in [5.74, 6) is -0.944. The fraction of sp³-hybridized carbons (Fsp3) is 0.600. The smallest absolute Gasteiger partial charge is 0.303 e. The van der Waals surface area contributed by atoms with Crippen molar-refractivity contribution in [1.82, 2.24) is 0 Å². The van der Waals surface area contributed by atoms with Crippen LogP contribution in [-0.2, 0) is 9.59 Å². The van der Waals surface area contributed by atoms with Crippen molar-refractivity contribution in [3.63, 3.8) is 0 Å². The first-order valence-corrected chi connectivity index (χ1v) is 4.26. The fourth-order valence-electron chi connectivity index (χ4n) is 0.401. The van der Waals surface area contributed by atoms with Crippen LogP contribution < -0.4 is 0 Å². The lowest BCUT2D eigenvalue weighted by Crippen LogP contribution is -2.21. The van der Waals surface area contributed by atoms with Crippen LogP contribution in [0.5, 0.6) is 0 Å². The van der Waals surface area contributed by atoms with Gasteiger partial charge in [-0.05, 0) is 6.42 Å². The van der Waals surface area contributed by atoms with E-state index in [9.17, 15) is 9.59 Å². The highest BCUT2D eigenvalue weighted by molar-refractivity contribution is 7.97. The van der Waals surface area contributed by atoms with Gasteiger partial charge in [-0.3, -0.25) is 9.59 Å². The van der Waals surface area contributed by atoms with Gasteiger partial charge in [-0.1, -0.05) is 0 Å². The van der Waals surface area contributed by atoms with E-state index in [1.807, 2.05) is 0 Å². The molecule has 58 valence electrons. The second-order valence-corrected chi connectivity index (χ2v) is 4.72. The molecule has 0 fully saturated rings. The predicted octanol–water partition coefficient (Wildman–Crippen LogP) is -0.239. The Bertz CT molecular complexity index is 181. The van der Waals surface area contributed by atoms with Gasteiger partial charge in [-0.2, -0.15) is 0 Å². The third-order valence-electron chi connectivity index (χ3n) is 1.08. The third-order valence-corrected chi connectivity index (χ3v) is 2.84. The molecular weight excluding hydrogens is 196 g/mol. The van der Waals surface area contributed by atoms with Crippen molar-refractivity contribution in [2.45, 2.75) is 17.5 Å². The minimum Gasteiger partial charge on any atom is -0.481 e. The van der Waals surface area contributed by atoms with Crippen LogP contribution >= 0.6 is 12.6 Å². The second-order valence-electron chi connectivity index (χ2n) is 2.10. The molecule has 3 nitrogen and oxygen atoms in total. The van der Waals surface area contributed by atoms with Crippen molar-refractivity contribution < 1.29 is 14.7 Å². The lowest BCUT2D eigenvalue weighted by Gasteiger charge is -2.17. The Morgan fingerprint density at radius 2 is 1.91 bits per heavy atom. The van der Waals surface area contributed by atoms with Gasteiger partial charge >= 0.3 is 5.97 Å². The van der Waals surface area contributed by atoms with Crippen LogP contribution in [0.25, 0.3) is 0 Å². The molecule has 0 aliphatic rings. The van der Waals surface area contributed by atoms with E-state index in [-0.39, 0.29) is 12.8 Å². The Hall–Kier alpha value is -0.0762. The van der Waals surface area contributed by atoms with Crippen LogP contribution in [0.15, 0.2) is 0 Å². The van der Waals surface area contributed by atoms with E-state index >= 15 is 0 Å². The topological polar surface area (TPSA) is 54.4 Å². The average Bonchev–Trinajstić information content (AvgIpc) is 1.84. The van der Waals surface area contributed by atoms with Gasteiger partial charge in [0, 0.05) is 31.6 Å². The van der Waals surface area contributed by atoms with E-state index in [1.54, 1.807) is 0 Å². The summed E-state index contributed by atoms with van der Waals surface area (Å²) in [6, 6.07) is 0. The minimum atomic E-state index is -1.01.